The van der Waals surface area contributed by atoms with Crippen molar-refractivity contribution < 1.29 is 18.3 Å². The topological polar surface area (TPSA) is 115 Å². The Hall–Kier alpha value is -2.68. The van der Waals surface area contributed by atoms with Gasteiger partial charge in [0.25, 0.3) is 0 Å². The van der Waals surface area contributed by atoms with Gasteiger partial charge >= 0.3 is 5.97 Å². The number of aliphatic imine (C=N–C) groups is 1. The maximum atomic E-state index is 11.9. The molecule has 0 unspecified atom stereocenters. The van der Waals surface area contributed by atoms with Gasteiger partial charge in [-0.2, -0.15) is 0 Å². The number of carboxylic acid groups (broad SMARTS) is 1. The van der Waals surface area contributed by atoms with Crippen LogP contribution in [0.1, 0.15) is 16.8 Å². The lowest BCUT2D eigenvalue weighted by atomic mass is 10.1. The van der Waals surface area contributed by atoms with E-state index in [2.05, 4.69) is 4.99 Å². The van der Waals surface area contributed by atoms with Crippen molar-refractivity contribution in [2.45, 2.75) is 17.7 Å². The molecule has 4 rings (SSSR count). The third-order valence-electron chi connectivity index (χ3n) is 4.73. The van der Waals surface area contributed by atoms with E-state index in [1.54, 1.807) is 6.07 Å². The maximum absolute atomic E-state index is 11.9. The van der Waals surface area contributed by atoms with E-state index in [0.29, 0.717) is 24.4 Å². The van der Waals surface area contributed by atoms with Crippen LogP contribution >= 0.6 is 11.6 Å². The Kier molecular flexibility index (Phi) is 4.49. The number of aliphatic carboxylic acids is 1. The van der Waals surface area contributed by atoms with Gasteiger partial charge in [0.15, 0.2) is 0 Å². The summed E-state index contributed by atoms with van der Waals surface area (Å²) in [4.78, 5) is 15.8. The molecule has 9 heteroatoms. The summed E-state index contributed by atoms with van der Waals surface area (Å²) in [6, 6.07) is 12.0. The molecule has 0 aliphatic carbocycles. The van der Waals surface area contributed by atoms with Gasteiger partial charge in [-0.25, -0.2) is 13.6 Å². The average molecular weight is 418 g/mol. The Morgan fingerprint density at radius 1 is 1.25 bits per heavy atom. The first-order valence-corrected chi connectivity index (χ1v) is 10.4. The number of aromatic nitrogens is 1. The van der Waals surface area contributed by atoms with E-state index in [1.807, 2.05) is 28.8 Å². The van der Waals surface area contributed by atoms with Crippen LogP contribution in [0.4, 0.5) is 0 Å². The molecule has 3 N–H and O–H groups in total. The van der Waals surface area contributed by atoms with Crippen LogP contribution in [-0.4, -0.2) is 36.4 Å². The third kappa shape index (κ3) is 3.09. The van der Waals surface area contributed by atoms with Gasteiger partial charge in [-0.15, -0.1) is 0 Å². The molecular weight excluding hydrogens is 402 g/mol. The quantitative estimate of drug-likeness (QED) is 0.678. The van der Waals surface area contributed by atoms with Crippen molar-refractivity contribution in [3.8, 4) is 0 Å². The molecule has 2 heterocycles. The SMILES string of the molecule is NS(=O)(=O)c1cc(C2=NCCc3c(CC(=O)O)c4ccccc4n32)ccc1Cl. The van der Waals surface area contributed by atoms with Crippen molar-refractivity contribution in [1.82, 2.24) is 4.57 Å². The number of primary sulfonamides is 1. The van der Waals surface area contributed by atoms with Gasteiger partial charge in [0.2, 0.25) is 10.0 Å². The number of para-hydroxylation sites is 1. The molecule has 0 atom stereocenters. The maximum Gasteiger partial charge on any atom is 0.307 e. The molecule has 1 aliphatic rings. The number of benzene rings is 2. The van der Waals surface area contributed by atoms with E-state index >= 15 is 0 Å². The Labute approximate surface area is 166 Å². The zero-order chi connectivity index (χ0) is 20.1. The highest BCUT2D eigenvalue weighted by Gasteiger charge is 2.25. The van der Waals surface area contributed by atoms with Crippen LogP contribution in [0.3, 0.4) is 0 Å². The molecule has 0 radical (unpaired) electrons. The molecule has 28 heavy (non-hydrogen) atoms. The fourth-order valence-electron chi connectivity index (χ4n) is 3.63. The monoisotopic (exact) mass is 417 g/mol. The van der Waals surface area contributed by atoms with Gasteiger partial charge in [0.05, 0.1) is 17.0 Å². The van der Waals surface area contributed by atoms with E-state index in [1.165, 1.54) is 12.1 Å². The molecular formula is C19H16ClN3O4S. The lowest BCUT2D eigenvalue weighted by Gasteiger charge is -2.19. The Balaban J connectivity index is 1.98. The lowest BCUT2D eigenvalue weighted by molar-refractivity contribution is -0.136. The number of fused-ring (bicyclic) bond motifs is 3. The fraction of sp³-hybridized carbons (Fsp3) is 0.158. The summed E-state index contributed by atoms with van der Waals surface area (Å²) in [5, 5.41) is 15.5. The summed E-state index contributed by atoms with van der Waals surface area (Å²) in [6.45, 7) is 0.464. The molecule has 2 aromatic carbocycles. The Morgan fingerprint density at radius 2 is 2.00 bits per heavy atom. The van der Waals surface area contributed by atoms with E-state index in [4.69, 9.17) is 16.7 Å². The number of carboxylic acids is 1. The normalized spacial score (nSPS) is 14.0. The number of hydrogen-bond acceptors (Lipinski definition) is 4. The molecule has 0 spiro atoms. The first-order chi connectivity index (χ1) is 13.3. The minimum Gasteiger partial charge on any atom is -0.481 e. The van der Waals surface area contributed by atoms with Crippen molar-refractivity contribution in [3.05, 3.63) is 64.3 Å². The van der Waals surface area contributed by atoms with Crippen LogP contribution < -0.4 is 5.14 Å². The lowest BCUT2D eigenvalue weighted by Crippen LogP contribution is -2.23. The van der Waals surface area contributed by atoms with Crippen LogP contribution in [0.2, 0.25) is 5.02 Å². The third-order valence-corrected chi connectivity index (χ3v) is 6.13. The molecule has 1 aromatic heterocycles. The highest BCUT2D eigenvalue weighted by atomic mass is 35.5. The van der Waals surface area contributed by atoms with Crippen molar-refractivity contribution in [2.75, 3.05) is 6.54 Å². The van der Waals surface area contributed by atoms with Crippen LogP contribution in [0.5, 0.6) is 0 Å². The molecule has 7 nitrogen and oxygen atoms in total. The van der Waals surface area contributed by atoms with Crippen molar-refractivity contribution >= 4 is 44.3 Å². The zero-order valence-electron chi connectivity index (χ0n) is 14.6. The number of nitrogens with zero attached hydrogens (tertiary/aromatic N) is 2. The summed E-state index contributed by atoms with van der Waals surface area (Å²) in [7, 11) is -4.00. The fourth-order valence-corrected chi connectivity index (χ4v) is 4.70. The summed E-state index contributed by atoms with van der Waals surface area (Å²) >= 11 is 6.01. The molecule has 0 bridgehead atoms. The highest BCUT2D eigenvalue weighted by Crippen LogP contribution is 2.31. The number of halogens is 1. The first-order valence-electron chi connectivity index (χ1n) is 8.48. The van der Waals surface area contributed by atoms with Crippen molar-refractivity contribution in [1.29, 1.82) is 0 Å². The number of sulfonamides is 1. The van der Waals surface area contributed by atoms with Crippen LogP contribution in [0.25, 0.3) is 10.9 Å². The number of rotatable bonds is 4. The molecule has 0 saturated heterocycles. The summed E-state index contributed by atoms with van der Waals surface area (Å²) in [6.07, 6.45) is 0.496. The van der Waals surface area contributed by atoms with Crippen molar-refractivity contribution in [3.63, 3.8) is 0 Å². The van der Waals surface area contributed by atoms with Gasteiger partial charge in [0, 0.05) is 29.6 Å². The summed E-state index contributed by atoms with van der Waals surface area (Å²) in [5.41, 5.74) is 2.97. The predicted molar refractivity (Wildman–Crippen MR) is 107 cm³/mol. The van der Waals surface area contributed by atoms with E-state index in [0.717, 1.165) is 22.2 Å². The van der Waals surface area contributed by atoms with Gasteiger partial charge in [-0.3, -0.25) is 14.4 Å². The van der Waals surface area contributed by atoms with Gasteiger partial charge in [-0.1, -0.05) is 29.8 Å². The second-order valence-electron chi connectivity index (χ2n) is 6.49. The Morgan fingerprint density at radius 3 is 2.71 bits per heavy atom. The molecule has 3 aromatic rings. The second kappa shape index (κ2) is 6.73. The molecule has 144 valence electrons. The van der Waals surface area contributed by atoms with Gasteiger partial charge in [-0.05, 0) is 29.8 Å². The van der Waals surface area contributed by atoms with E-state index in [9.17, 15) is 18.3 Å². The van der Waals surface area contributed by atoms with Crippen LogP contribution in [0.15, 0.2) is 52.4 Å². The summed E-state index contributed by atoms with van der Waals surface area (Å²) < 4.78 is 25.6. The molecule has 0 saturated carbocycles. The average Bonchev–Trinajstić information content (AvgIpc) is 2.95. The number of carbonyl (C=O) groups is 1. The first kappa shape index (κ1) is 18.7. The number of hydrogen-bond donors (Lipinski definition) is 2. The highest BCUT2D eigenvalue weighted by molar-refractivity contribution is 7.89. The smallest absolute Gasteiger partial charge is 0.307 e. The minimum absolute atomic E-state index is 0.0341. The van der Waals surface area contributed by atoms with Gasteiger partial charge < -0.3 is 5.11 Å². The van der Waals surface area contributed by atoms with Crippen molar-refractivity contribution in [2.24, 2.45) is 10.1 Å². The minimum atomic E-state index is -4.00. The molecule has 0 amide bonds. The molecule has 1 aliphatic heterocycles. The summed E-state index contributed by atoms with van der Waals surface area (Å²) in [5.74, 6) is -0.373. The largest absolute Gasteiger partial charge is 0.481 e. The molecule has 0 fully saturated rings. The van der Waals surface area contributed by atoms with E-state index < -0.39 is 16.0 Å². The van der Waals surface area contributed by atoms with Crippen LogP contribution in [-0.2, 0) is 27.7 Å². The predicted octanol–water partition coefficient (Wildman–Crippen LogP) is 2.42. The van der Waals surface area contributed by atoms with E-state index in [-0.39, 0.29) is 16.3 Å². The standard InChI is InChI=1S/C19H16ClN3O4S/c20-14-6-5-11(9-17(14)28(21,26)27)19-22-8-7-16-13(10-18(24)25)12-3-1-2-4-15(12)23(16)19/h1-6,9H,7-8,10H2,(H,24,25)(H2,21,26,27). The Bertz CT molecular complexity index is 1260. The van der Waals surface area contributed by atoms with Crippen LogP contribution in [0, 0.1) is 0 Å². The number of nitrogens with two attached hydrogens (primary N) is 1. The zero-order valence-corrected chi connectivity index (χ0v) is 16.2. The van der Waals surface area contributed by atoms with Gasteiger partial charge in [0.1, 0.15) is 10.7 Å². The second-order valence-corrected chi connectivity index (χ2v) is 8.43.